The molecule has 0 spiro atoms. The standard InChI is InChI=1S/C28H26ClN7O4/c29-25-26(28(39)21(16-31)20(15-30)27(25)38)35-22-11-10-19(14-17(22)9-12-24(35)37)40-13-5-4-8-23-32-33-34-36(23)18-6-2-1-3-7-18/h10-11,14,18H,1-9,12-13H2. The number of carbonyl (C=O) groups is 3. The van der Waals surface area contributed by atoms with Crippen LogP contribution in [0.15, 0.2) is 40.1 Å². The van der Waals surface area contributed by atoms with Crippen LogP contribution in [-0.2, 0) is 27.2 Å². The van der Waals surface area contributed by atoms with Gasteiger partial charge in [0.05, 0.1) is 18.3 Å². The minimum absolute atomic E-state index is 0.0675. The number of benzene rings is 1. The van der Waals surface area contributed by atoms with Gasteiger partial charge in [-0.3, -0.25) is 19.3 Å². The molecule has 1 aromatic carbocycles. The van der Waals surface area contributed by atoms with Crippen LogP contribution in [0.3, 0.4) is 0 Å². The van der Waals surface area contributed by atoms with Gasteiger partial charge in [-0.05, 0) is 66.3 Å². The highest BCUT2D eigenvalue weighted by Crippen LogP contribution is 2.38. The number of allylic oxidation sites excluding steroid dienone is 3. The fraction of sp³-hybridized carbons (Fsp3) is 0.429. The van der Waals surface area contributed by atoms with Gasteiger partial charge in [-0.15, -0.1) is 5.10 Å². The number of fused-ring (bicyclic) bond motifs is 1. The van der Waals surface area contributed by atoms with Crippen molar-refractivity contribution in [3.8, 4) is 17.9 Å². The van der Waals surface area contributed by atoms with Gasteiger partial charge in [0.25, 0.3) is 0 Å². The van der Waals surface area contributed by atoms with Gasteiger partial charge in [0.2, 0.25) is 17.5 Å². The number of nitriles is 2. The lowest BCUT2D eigenvalue weighted by molar-refractivity contribution is -0.120. The number of hydrogen-bond donors (Lipinski definition) is 0. The zero-order valence-corrected chi connectivity index (χ0v) is 22.5. The molecule has 2 aliphatic carbocycles. The summed E-state index contributed by atoms with van der Waals surface area (Å²) < 4.78 is 7.95. The molecule has 40 heavy (non-hydrogen) atoms. The second-order valence-electron chi connectivity index (χ2n) is 9.95. The predicted molar refractivity (Wildman–Crippen MR) is 142 cm³/mol. The Balaban J connectivity index is 1.24. The fourth-order valence-corrected chi connectivity index (χ4v) is 5.70. The number of nitrogens with zero attached hydrogens (tertiary/aromatic N) is 7. The number of aromatic nitrogens is 4. The van der Waals surface area contributed by atoms with Gasteiger partial charge >= 0.3 is 0 Å². The molecule has 1 aromatic heterocycles. The van der Waals surface area contributed by atoms with Crippen molar-refractivity contribution in [3.05, 3.63) is 51.5 Å². The van der Waals surface area contributed by atoms with Crippen molar-refractivity contribution in [3.63, 3.8) is 0 Å². The van der Waals surface area contributed by atoms with E-state index in [-0.39, 0.29) is 6.42 Å². The maximum atomic E-state index is 13.0. The van der Waals surface area contributed by atoms with E-state index in [1.165, 1.54) is 19.3 Å². The van der Waals surface area contributed by atoms with E-state index in [0.29, 0.717) is 30.5 Å². The molecular formula is C28H26ClN7O4. The summed E-state index contributed by atoms with van der Waals surface area (Å²) in [5.74, 6) is -0.813. The number of aryl methyl sites for hydroxylation is 2. The summed E-state index contributed by atoms with van der Waals surface area (Å²) in [6.07, 6.45) is 8.83. The lowest BCUT2D eigenvalue weighted by Crippen LogP contribution is -2.40. The van der Waals surface area contributed by atoms with Gasteiger partial charge < -0.3 is 4.74 Å². The first-order chi connectivity index (χ1) is 19.4. The Morgan fingerprint density at radius 2 is 1.75 bits per heavy atom. The Labute approximate surface area is 235 Å². The highest BCUT2D eigenvalue weighted by Gasteiger charge is 2.41. The fourth-order valence-electron chi connectivity index (χ4n) is 5.44. The molecule has 11 nitrogen and oxygen atoms in total. The number of ketones is 2. The van der Waals surface area contributed by atoms with E-state index in [1.807, 2.05) is 4.68 Å². The van der Waals surface area contributed by atoms with Crippen molar-refractivity contribution >= 4 is 34.8 Å². The normalized spacial score (nSPS) is 18.1. The molecule has 5 rings (SSSR count). The van der Waals surface area contributed by atoms with Gasteiger partial charge in [0.15, 0.2) is 5.82 Å². The number of carbonyl (C=O) groups excluding carboxylic acids is 3. The highest BCUT2D eigenvalue weighted by molar-refractivity contribution is 6.51. The van der Waals surface area contributed by atoms with E-state index < -0.39 is 39.3 Å². The minimum atomic E-state index is -0.956. The quantitative estimate of drug-likeness (QED) is 0.346. The third-order valence-electron chi connectivity index (χ3n) is 7.47. The van der Waals surface area contributed by atoms with Crippen LogP contribution in [0.1, 0.15) is 68.8 Å². The van der Waals surface area contributed by atoms with Gasteiger partial charge in [-0.1, -0.05) is 30.9 Å². The van der Waals surface area contributed by atoms with E-state index >= 15 is 0 Å². The molecule has 1 saturated carbocycles. The van der Waals surface area contributed by atoms with E-state index in [1.54, 1.807) is 30.3 Å². The summed E-state index contributed by atoms with van der Waals surface area (Å²) in [7, 11) is 0. The molecule has 0 atom stereocenters. The zero-order valence-electron chi connectivity index (χ0n) is 21.7. The van der Waals surface area contributed by atoms with Crippen molar-refractivity contribution < 1.29 is 19.1 Å². The summed E-state index contributed by atoms with van der Waals surface area (Å²) >= 11 is 6.19. The van der Waals surface area contributed by atoms with Gasteiger partial charge in [-0.25, -0.2) is 4.68 Å². The summed E-state index contributed by atoms with van der Waals surface area (Å²) in [5, 5.41) is 30.4. The largest absolute Gasteiger partial charge is 0.494 e. The average molecular weight is 560 g/mol. The molecule has 1 amide bonds. The Morgan fingerprint density at radius 1 is 1.00 bits per heavy atom. The molecule has 0 saturated heterocycles. The van der Waals surface area contributed by atoms with E-state index in [2.05, 4.69) is 15.5 Å². The van der Waals surface area contributed by atoms with E-state index in [0.717, 1.165) is 48.4 Å². The van der Waals surface area contributed by atoms with E-state index in [4.69, 9.17) is 16.3 Å². The van der Waals surface area contributed by atoms with Crippen LogP contribution in [0.5, 0.6) is 5.75 Å². The van der Waals surface area contributed by atoms with Crippen LogP contribution in [0.25, 0.3) is 0 Å². The number of unbranched alkanes of at least 4 members (excludes halogenated alkanes) is 1. The molecule has 2 aromatic rings. The smallest absolute Gasteiger partial charge is 0.232 e. The molecule has 1 fully saturated rings. The third kappa shape index (κ3) is 5.13. The van der Waals surface area contributed by atoms with Crippen LogP contribution in [0.4, 0.5) is 5.69 Å². The number of hydrogen-bond acceptors (Lipinski definition) is 9. The van der Waals surface area contributed by atoms with Gasteiger partial charge in [-0.2, -0.15) is 10.5 Å². The first-order valence-electron chi connectivity index (χ1n) is 13.3. The number of rotatable bonds is 8. The molecule has 1 aliphatic heterocycles. The molecule has 0 unspecified atom stereocenters. The molecule has 3 aliphatic rings. The van der Waals surface area contributed by atoms with Crippen LogP contribution < -0.4 is 9.64 Å². The molecular weight excluding hydrogens is 534 g/mol. The maximum absolute atomic E-state index is 13.0. The number of Topliss-reactive ketones (excluding diaryl/α,β-unsaturated/α-hetero) is 2. The van der Waals surface area contributed by atoms with Crippen LogP contribution >= 0.6 is 11.6 Å². The Bertz CT molecular complexity index is 1520. The van der Waals surface area contributed by atoms with Crippen molar-refractivity contribution in [2.75, 3.05) is 11.5 Å². The summed E-state index contributed by atoms with van der Waals surface area (Å²) in [6, 6.07) is 8.67. The third-order valence-corrected chi connectivity index (χ3v) is 7.82. The first-order valence-corrected chi connectivity index (χ1v) is 13.7. The highest BCUT2D eigenvalue weighted by atomic mass is 35.5. The number of ether oxygens (including phenoxy) is 1. The molecule has 204 valence electrons. The Morgan fingerprint density at radius 3 is 2.50 bits per heavy atom. The summed E-state index contributed by atoms with van der Waals surface area (Å²) in [6.45, 7) is 0.476. The molecule has 0 radical (unpaired) electrons. The van der Waals surface area contributed by atoms with Crippen molar-refractivity contribution in [1.29, 1.82) is 10.5 Å². The van der Waals surface area contributed by atoms with Gasteiger partial charge in [0.1, 0.15) is 39.8 Å². The Hall–Kier alpha value is -4.35. The monoisotopic (exact) mass is 559 g/mol. The minimum Gasteiger partial charge on any atom is -0.494 e. The predicted octanol–water partition coefficient (Wildman–Crippen LogP) is 3.81. The number of tetrazole rings is 1. The lowest BCUT2D eigenvalue weighted by atomic mass is 9.91. The van der Waals surface area contributed by atoms with Crippen molar-refractivity contribution in [2.24, 2.45) is 0 Å². The molecule has 12 heteroatoms. The molecule has 0 bridgehead atoms. The SMILES string of the molecule is N#CC1=C(C#N)C(=O)C(N2C(=O)CCc3cc(OCCCCc4nnnn4C4CCCCC4)ccc32)=C(Cl)C1=O. The molecule has 0 N–H and O–H groups in total. The van der Waals surface area contributed by atoms with Crippen molar-refractivity contribution in [1.82, 2.24) is 20.2 Å². The summed E-state index contributed by atoms with van der Waals surface area (Å²) in [5.41, 5.74) is -0.545. The second-order valence-corrected chi connectivity index (χ2v) is 10.3. The summed E-state index contributed by atoms with van der Waals surface area (Å²) in [4.78, 5) is 39.6. The molecule has 2 heterocycles. The number of halogens is 1. The second kappa shape index (κ2) is 11.8. The number of anilines is 1. The Kier molecular flexibility index (Phi) is 8.04. The lowest BCUT2D eigenvalue weighted by Gasteiger charge is -2.32. The van der Waals surface area contributed by atoms with Gasteiger partial charge in [0, 0.05) is 12.8 Å². The topological polar surface area (TPSA) is 155 Å². The van der Waals surface area contributed by atoms with Crippen LogP contribution in [0.2, 0.25) is 0 Å². The van der Waals surface area contributed by atoms with Crippen molar-refractivity contribution in [2.45, 2.75) is 70.3 Å². The maximum Gasteiger partial charge on any atom is 0.232 e. The zero-order chi connectivity index (χ0) is 28.2. The van der Waals surface area contributed by atoms with E-state index in [9.17, 15) is 24.9 Å². The first kappa shape index (κ1) is 27.2. The van der Waals surface area contributed by atoms with Crippen LogP contribution in [0, 0.1) is 22.7 Å². The average Bonchev–Trinajstić information content (AvgIpc) is 3.45. The number of amides is 1. The van der Waals surface area contributed by atoms with Crippen LogP contribution in [-0.4, -0.2) is 44.3 Å².